The van der Waals surface area contributed by atoms with Crippen molar-refractivity contribution in [3.8, 4) is 11.5 Å². The molecule has 0 radical (unpaired) electrons. The second kappa shape index (κ2) is 10.8. The molecule has 8 heteroatoms. The smallest absolute Gasteiger partial charge is 0.282 e. The predicted molar refractivity (Wildman–Crippen MR) is 139 cm³/mol. The third-order valence-electron chi connectivity index (χ3n) is 5.68. The molecule has 0 fully saturated rings. The SMILES string of the molecule is CC[C@@H](C)c1nc2ccc(Br)cc2c(=O)n1N=Cc1ccc(OCc2cccc(F)c2)c(OC)c1. The monoisotopic (exact) mass is 537 g/mol. The number of methoxy groups -OCH3 is 1. The van der Waals surface area contributed by atoms with Gasteiger partial charge in [-0.15, -0.1) is 0 Å². The molecule has 0 spiro atoms. The molecule has 0 aliphatic rings. The Labute approximate surface area is 211 Å². The lowest BCUT2D eigenvalue weighted by Crippen LogP contribution is -2.23. The zero-order valence-corrected chi connectivity index (χ0v) is 21.3. The Morgan fingerprint density at radius 2 is 1.97 bits per heavy atom. The quantitative estimate of drug-likeness (QED) is 0.248. The summed E-state index contributed by atoms with van der Waals surface area (Å²) in [6, 6.07) is 17.0. The zero-order valence-electron chi connectivity index (χ0n) is 19.7. The van der Waals surface area contributed by atoms with E-state index < -0.39 is 0 Å². The second-order valence-corrected chi connectivity index (χ2v) is 9.05. The molecule has 0 aliphatic carbocycles. The van der Waals surface area contributed by atoms with Crippen molar-refractivity contribution < 1.29 is 13.9 Å². The molecule has 0 saturated carbocycles. The molecule has 0 bridgehead atoms. The summed E-state index contributed by atoms with van der Waals surface area (Å²) in [4.78, 5) is 18.0. The minimum absolute atomic E-state index is 0.0426. The van der Waals surface area contributed by atoms with Gasteiger partial charge in [-0.3, -0.25) is 4.79 Å². The van der Waals surface area contributed by atoms with Gasteiger partial charge >= 0.3 is 0 Å². The molecule has 4 aromatic rings. The fraction of sp³-hybridized carbons (Fsp3) is 0.222. The van der Waals surface area contributed by atoms with Crippen molar-refractivity contribution in [3.63, 3.8) is 0 Å². The van der Waals surface area contributed by atoms with Gasteiger partial charge in [-0.2, -0.15) is 9.78 Å². The van der Waals surface area contributed by atoms with Crippen LogP contribution in [0.15, 0.2) is 75.0 Å². The van der Waals surface area contributed by atoms with E-state index in [2.05, 4.69) is 21.0 Å². The van der Waals surface area contributed by atoms with Gasteiger partial charge in [0.2, 0.25) is 0 Å². The predicted octanol–water partition coefficient (Wildman–Crippen LogP) is 6.28. The summed E-state index contributed by atoms with van der Waals surface area (Å²) in [5.74, 6) is 1.35. The highest BCUT2D eigenvalue weighted by molar-refractivity contribution is 9.10. The van der Waals surface area contributed by atoms with Crippen molar-refractivity contribution in [2.45, 2.75) is 32.8 Å². The Morgan fingerprint density at radius 3 is 2.71 bits per heavy atom. The first-order valence-electron chi connectivity index (χ1n) is 11.2. The van der Waals surface area contributed by atoms with E-state index in [1.54, 1.807) is 43.7 Å². The van der Waals surface area contributed by atoms with Crippen LogP contribution >= 0.6 is 15.9 Å². The summed E-state index contributed by atoms with van der Waals surface area (Å²) in [7, 11) is 1.54. The van der Waals surface area contributed by atoms with Crippen molar-refractivity contribution in [2.24, 2.45) is 5.10 Å². The number of nitrogens with zero attached hydrogens (tertiary/aromatic N) is 3. The molecule has 3 aromatic carbocycles. The van der Waals surface area contributed by atoms with Crippen molar-refractivity contribution >= 4 is 33.0 Å². The largest absolute Gasteiger partial charge is 0.493 e. The van der Waals surface area contributed by atoms with Gasteiger partial charge in [-0.1, -0.05) is 41.9 Å². The maximum atomic E-state index is 13.4. The normalized spacial score (nSPS) is 12.3. The van der Waals surface area contributed by atoms with Gasteiger partial charge in [0, 0.05) is 10.4 Å². The van der Waals surface area contributed by atoms with E-state index in [1.807, 2.05) is 32.0 Å². The number of hydrogen-bond donors (Lipinski definition) is 0. The van der Waals surface area contributed by atoms with Crippen LogP contribution in [0.2, 0.25) is 0 Å². The summed E-state index contributed by atoms with van der Waals surface area (Å²) >= 11 is 3.42. The maximum absolute atomic E-state index is 13.4. The number of ether oxygens (including phenoxy) is 2. The van der Waals surface area contributed by atoms with Crippen molar-refractivity contribution in [3.05, 3.63) is 98.3 Å². The number of hydrogen-bond acceptors (Lipinski definition) is 5. The van der Waals surface area contributed by atoms with E-state index >= 15 is 0 Å². The van der Waals surface area contributed by atoms with E-state index in [4.69, 9.17) is 14.5 Å². The van der Waals surface area contributed by atoms with Gasteiger partial charge in [0.25, 0.3) is 5.56 Å². The summed E-state index contributed by atoms with van der Waals surface area (Å²) in [6.45, 7) is 4.27. The fourth-order valence-electron chi connectivity index (χ4n) is 3.58. The first-order valence-corrected chi connectivity index (χ1v) is 12.0. The Hall–Kier alpha value is -3.52. The summed E-state index contributed by atoms with van der Waals surface area (Å²) < 4.78 is 26.9. The summed E-state index contributed by atoms with van der Waals surface area (Å²) in [6.07, 6.45) is 2.41. The molecule has 4 rings (SSSR count). The van der Waals surface area contributed by atoms with Crippen LogP contribution in [-0.2, 0) is 6.61 Å². The van der Waals surface area contributed by atoms with Crippen LogP contribution in [0.25, 0.3) is 10.9 Å². The molecule has 35 heavy (non-hydrogen) atoms. The number of rotatable bonds is 8. The molecule has 6 nitrogen and oxygen atoms in total. The van der Waals surface area contributed by atoms with Crippen molar-refractivity contribution in [2.75, 3.05) is 7.11 Å². The van der Waals surface area contributed by atoms with Crippen LogP contribution in [0.1, 0.15) is 43.1 Å². The van der Waals surface area contributed by atoms with Gasteiger partial charge in [0.15, 0.2) is 11.5 Å². The van der Waals surface area contributed by atoms with Gasteiger partial charge < -0.3 is 9.47 Å². The lowest BCUT2D eigenvalue weighted by atomic mass is 10.1. The van der Waals surface area contributed by atoms with E-state index in [1.165, 1.54) is 16.8 Å². The lowest BCUT2D eigenvalue weighted by molar-refractivity contribution is 0.284. The van der Waals surface area contributed by atoms with Crippen LogP contribution < -0.4 is 15.0 Å². The zero-order chi connectivity index (χ0) is 24.9. The van der Waals surface area contributed by atoms with Gasteiger partial charge in [-0.25, -0.2) is 9.37 Å². The molecule has 0 amide bonds. The van der Waals surface area contributed by atoms with Crippen molar-refractivity contribution in [1.29, 1.82) is 0 Å². The van der Waals surface area contributed by atoms with Gasteiger partial charge in [0.1, 0.15) is 18.2 Å². The summed E-state index contributed by atoms with van der Waals surface area (Å²) in [5, 5.41) is 4.98. The maximum Gasteiger partial charge on any atom is 0.282 e. The van der Waals surface area contributed by atoms with Crippen LogP contribution in [0, 0.1) is 5.82 Å². The van der Waals surface area contributed by atoms with E-state index in [0.29, 0.717) is 33.8 Å². The molecule has 0 N–H and O–H groups in total. The summed E-state index contributed by atoms with van der Waals surface area (Å²) in [5.41, 5.74) is 1.84. The fourth-order valence-corrected chi connectivity index (χ4v) is 3.94. The average Bonchev–Trinajstić information content (AvgIpc) is 2.87. The van der Waals surface area contributed by atoms with Crippen LogP contribution in [-0.4, -0.2) is 23.0 Å². The topological polar surface area (TPSA) is 65.7 Å². The molecule has 0 unspecified atom stereocenters. The van der Waals surface area contributed by atoms with Crippen molar-refractivity contribution in [1.82, 2.24) is 9.66 Å². The van der Waals surface area contributed by atoms with Crippen LogP contribution in [0.3, 0.4) is 0 Å². The molecule has 1 atom stereocenters. The first kappa shape index (κ1) is 24.6. The molecule has 1 aromatic heterocycles. The Bertz CT molecular complexity index is 1450. The Morgan fingerprint density at radius 1 is 1.14 bits per heavy atom. The molecule has 1 heterocycles. The third kappa shape index (κ3) is 5.59. The van der Waals surface area contributed by atoms with Crippen LogP contribution in [0.4, 0.5) is 4.39 Å². The molecule has 0 aliphatic heterocycles. The molecular formula is C27H25BrFN3O3. The first-order chi connectivity index (χ1) is 16.9. The van der Waals surface area contributed by atoms with E-state index in [0.717, 1.165) is 16.5 Å². The Kier molecular flexibility index (Phi) is 7.60. The number of halogens is 2. The minimum atomic E-state index is -0.313. The number of benzene rings is 3. The van der Waals surface area contributed by atoms with Crippen LogP contribution in [0.5, 0.6) is 11.5 Å². The lowest BCUT2D eigenvalue weighted by Gasteiger charge is -2.14. The van der Waals surface area contributed by atoms with Gasteiger partial charge in [0.05, 0.1) is 24.2 Å². The highest BCUT2D eigenvalue weighted by Crippen LogP contribution is 2.28. The third-order valence-corrected chi connectivity index (χ3v) is 6.17. The standard InChI is InChI=1S/C27H25BrFN3O3/c1-4-17(2)26-31-23-10-9-20(28)14-22(23)27(33)32(26)30-15-18-8-11-24(25(13-18)34-3)35-16-19-6-5-7-21(29)12-19/h5-15,17H,4,16H2,1-3H3/t17-/m1/s1. The van der Waals surface area contributed by atoms with E-state index in [9.17, 15) is 9.18 Å². The molecule has 0 saturated heterocycles. The van der Waals surface area contributed by atoms with E-state index in [-0.39, 0.29) is 23.9 Å². The molecular weight excluding hydrogens is 513 g/mol. The number of fused-ring (bicyclic) bond motifs is 1. The highest BCUT2D eigenvalue weighted by atomic mass is 79.9. The van der Waals surface area contributed by atoms with Gasteiger partial charge in [-0.05, 0) is 66.1 Å². The number of aromatic nitrogens is 2. The minimum Gasteiger partial charge on any atom is -0.493 e. The average molecular weight is 538 g/mol. The second-order valence-electron chi connectivity index (χ2n) is 8.13. The Balaban J connectivity index is 1.65. The molecule has 180 valence electrons. The highest BCUT2D eigenvalue weighted by Gasteiger charge is 2.16.